The van der Waals surface area contributed by atoms with E-state index in [9.17, 15) is 4.79 Å². The van der Waals surface area contributed by atoms with Gasteiger partial charge in [-0.25, -0.2) is 0 Å². The molecule has 0 spiro atoms. The Morgan fingerprint density at radius 1 is 1.67 bits per heavy atom. The number of aromatic nitrogens is 1. The van der Waals surface area contributed by atoms with Crippen LogP contribution in [0.15, 0.2) is 17.1 Å². The summed E-state index contributed by atoms with van der Waals surface area (Å²) in [6.45, 7) is 4.12. The van der Waals surface area contributed by atoms with Crippen molar-refractivity contribution < 1.29 is 4.74 Å². The highest BCUT2D eigenvalue weighted by molar-refractivity contribution is 5.42. The van der Waals surface area contributed by atoms with Crippen molar-refractivity contribution in [3.63, 3.8) is 0 Å². The van der Waals surface area contributed by atoms with Gasteiger partial charge in [-0.05, 0) is 25.0 Å². The van der Waals surface area contributed by atoms with Gasteiger partial charge in [0.15, 0.2) is 0 Å². The molecule has 0 saturated carbocycles. The molecule has 2 rings (SSSR count). The molecule has 2 N–H and O–H groups in total. The first kappa shape index (κ1) is 10.2. The average molecular weight is 208 g/mol. The summed E-state index contributed by atoms with van der Waals surface area (Å²) in [7, 11) is 0. The van der Waals surface area contributed by atoms with Gasteiger partial charge in [0.05, 0.1) is 6.61 Å². The molecule has 1 atom stereocenters. The highest BCUT2D eigenvalue weighted by Crippen LogP contribution is 2.14. The van der Waals surface area contributed by atoms with Gasteiger partial charge in [-0.3, -0.25) is 4.79 Å². The van der Waals surface area contributed by atoms with Crippen molar-refractivity contribution in [3.8, 4) is 0 Å². The van der Waals surface area contributed by atoms with E-state index in [4.69, 9.17) is 10.5 Å². The number of rotatable bonds is 2. The first-order valence-electron chi connectivity index (χ1n) is 5.21. The molecule has 0 aromatic carbocycles. The zero-order valence-electron chi connectivity index (χ0n) is 8.90. The Morgan fingerprint density at radius 3 is 3.13 bits per heavy atom. The number of hydrogen-bond acceptors (Lipinski definition) is 3. The summed E-state index contributed by atoms with van der Waals surface area (Å²) in [6, 6.07) is 1.88. The van der Waals surface area contributed by atoms with Gasteiger partial charge < -0.3 is 15.0 Å². The Labute approximate surface area is 88.7 Å². The first-order valence-corrected chi connectivity index (χ1v) is 5.21. The van der Waals surface area contributed by atoms with E-state index in [1.165, 1.54) is 0 Å². The van der Waals surface area contributed by atoms with Gasteiger partial charge in [-0.15, -0.1) is 0 Å². The third kappa shape index (κ3) is 2.04. The maximum Gasteiger partial charge on any atom is 0.273 e. The zero-order valence-corrected chi connectivity index (χ0v) is 8.90. The molecule has 82 valence electrons. The molecule has 1 unspecified atom stereocenters. The fraction of sp³-hybridized carbons (Fsp3) is 0.545. The summed E-state index contributed by atoms with van der Waals surface area (Å²) in [5, 5.41) is 0. The van der Waals surface area contributed by atoms with E-state index in [1.54, 1.807) is 4.57 Å². The molecule has 2 heterocycles. The minimum Gasteiger partial charge on any atom is -0.394 e. The SMILES string of the molecule is Cc1ccn(CC2CCOC2)c(=O)c1N. The highest BCUT2D eigenvalue weighted by Gasteiger charge is 2.17. The monoisotopic (exact) mass is 208 g/mol. The molecule has 0 amide bonds. The van der Waals surface area contributed by atoms with Gasteiger partial charge >= 0.3 is 0 Å². The molecule has 1 aromatic heterocycles. The van der Waals surface area contributed by atoms with Crippen molar-refractivity contribution >= 4 is 5.69 Å². The van der Waals surface area contributed by atoms with E-state index >= 15 is 0 Å². The lowest BCUT2D eigenvalue weighted by atomic mass is 10.1. The lowest BCUT2D eigenvalue weighted by Gasteiger charge is -2.11. The molecular formula is C11H16N2O2. The predicted molar refractivity (Wildman–Crippen MR) is 58.8 cm³/mol. The molecule has 1 aliphatic heterocycles. The topological polar surface area (TPSA) is 57.2 Å². The fourth-order valence-corrected chi connectivity index (χ4v) is 1.83. The second kappa shape index (κ2) is 4.06. The van der Waals surface area contributed by atoms with E-state index in [0.717, 1.165) is 25.2 Å². The van der Waals surface area contributed by atoms with E-state index < -0.39 is 0 Å². The molecule has 1 fully saturated rings. The van der Waals surface area contributed by atoms with Crippen LogP contribution in [0.5, 0.6) is 0 Å². The zero-order chi connectivity index (χ0) is 10.8. The van der Waals surface area contributed by atoms with Crippen LogP contribution in [0.3, 0.4) is 0 Å². The van der Waals surface area contributed by atoms with Crippen molar-refractivity contribution in [2.45, 2.75) is 19.9 Å². The third-order valence-electron chi connectivity index (χ3n) is 2.90. The van der Waals surface area contributed by atoms with Crippen molar-refractivity contribution in [2.75, 3.05) is 18.9 Å². The van der Waals surface area contributed by atoms with Crippen LogP contribution in [0.4, 0.5) is 5.69 Å². The van der Waals surface area contributed by atoms with E-state index in [1.807, 2.05) is 19.2 Å². The number of nitrogens with zero attached hydrogens (tertiary/aromatic N) is 1. The van der Waals surface area contributed by atoms with Crippen LogP contribution < -0.4 is 11.3 Å². The molecule has 1 aliphatic rings. The normalized spacial score (nSPS) is 20.7. The summed E-state index contributed by atoms with van der Waals surface area (Å²) in [4.78, 5) is 11.8. The van der Waals surface area contributed by atoms with E-state index in [2.05, 4.69) is 0 Å². The summed E-state index contributed by atoms with van der Waals surface area (Å²) >= 11 is 0. The van der Waals surface area contributed by atoms with Crippen molar-refractivity contribution in [1.29, 1.82) is 0 Å². The molecule has 4 nitrogen and oxygen atoms in total. The second-order valence-electron chi connectivity index (χ2n) is 4.10. The van der Waals surface area contributed by atoms with Gasteiger partial charge in [0.2, 0.25) is 0 Å². The Morgan fingerprint density at radius 2 is 2.47 bits per heavy atom. The van der Waals surface area contributed by atoms with Crippen LogP contribution in [0.25, 0.3) is 0 Å². The van der Waals surface area contributed by atoms with Crippen molar-refractivity contribution in [3.05, 3.63) is 28.2 Å². The van der Waals surface area contributed by atoms with Crippen molar-refractivity contribution in [2.24, 2.45) is 5.92 Å². The summed E-state index contributed by atoms with van der Waals surface area (Å²) in [5.74, 6) is 0.449. The number of hydrogen-bond donors (Lipinski definition) is 1. The summed E-state index contributed by atoms with van der Waals surface area (Å²) < 4.78 is 6.96. The number of pyridine rings is 1. The Bertz CT molecular complexity index is 406. The molecule has 1 saturated heterocycles. The minimum absolute atomic E-state index is 0.0816. The lowest BCUT2D eigenvalue weighted by molar-refractivity contribution is 0.182. The summed E-state index contributed by atoms with van der Waals surface area (Å²) in [5.41, 5.74) is 6.81. The molecule has 1 aromatic rings. The maximum atomic E-state index is 11.8. The Balaban J connectivity index is 2.21. The van der Waals surface area contributed by atoms with Crippen LogP contribution in [0, 0.1) is 12.8 Å². The quantitative estimate of drug-likeness (QED) is 0.781. The fourth-order valence-electron chi connectivity index (χ4n) is 1.83. The maximum absolute atomic E-state index is 11.8. The molecule has 0 bridgehead atoms. The van der Waals surface area contributed by atoms with Crippen LogP contribution >= 0.6 is 0 Å². The minimum atomic E-state index is -0.0816. The predicted octanol–water partition coefficient (Wildman–Crippen LogP) is 0.775. The first-order chi connectivity index (χ1) is 7.18. The summed E-state index contributed by atoms with van der Waals surface area (Å²) in [6.07, 6.45) is 2.84. The van der Waals surface area contributed by atoms with Gasteiger partial charge in [0.25, 0.3) is 5.56 Å². The van der Waals surface area contributed by atoms with Gasteiger partial charge in [0, 0.05) is 25.3 Å². The average Bonchev–Trinajstić information content (AvgIpc) is 2.72. The van der Waals surface area contributed by atoms with Crippen LogP contribution in [-0.4, -0.2) is 17.8 Å². The molecule has 15 heavy (non-hydrogen) atoms. The molecule has 0 radical (unpaired) electrons. The number of nitrogens with two attached hydrogens (primary N) is 1. The molecule has 4 heteroatoms. The molecular weight excluding hydrogens is 192 g/mol. The van der Waals surface area contributed by atoms with Crippen LogP contribution in [0.1, 0.15) is 12.0 Å². The van der Waals surface area contributed by atoms with Crippen LogP contribution in [-0.2, 0) is 11.3 Å². The Kier molecular flexibility index (Phi) is 2.77. The van der Waals surface area contributed by atoms with Crippen LogP contribution in [0.2, 0.25) is 0 Å². The van der Waals surface area contributed by atoms with E-state index in [0.29, 0.717) is 18.2 Å². The smallest absolute Gasteiger partial charge is 0.273 e. The van der Waals surface area contributed by atoms with E-state index in [-0.39, 0.29) is 5.56 Å². The lowest BCUT2D eigenvalue weighted by Crippen LogP contribution is -2.26. The third-order valence-corrected chi connectivity index (χ3v) is 2.90. The number of anilines is 1. The highest BCUT2D eigenvalue weighted by atomic mass is 16.5. The number of aryl methyl sites for hydroxylation is 1. The Hall–Kier alpha value is -1.29. The number of nitrogen functional groups attached to an aromatic ring is 1. The van der Waals surface area contributed by atoms with Crippen molar-refractivity contribution in [1.82, 2.24) is 4.57 Å². The van der Waals surface area contributed by atoms with Gasteiger partial charge in [-0.1, -0.05) is 0 Å². The standard InChI is InChI=1S/C11H16N2O2/c1-8-2-4-13(11(14)10(8)12)6-9-3-5-15-7-9/h2,4,9H,3,5-7,12H2,1H3. The number of ether oxygens (including phenoxy) is 1. The van der Waals surface area contributed by atoms with Gasteiger partial charge in [-0.2, -0.15) is 0 Å². The van der Waals surface area contributed by atoms with Gasteiger partial charge in [0.1, 0.15) is 5.69 Å². The largest absolute Gasteiger partial charge is 0.394 e. The molecule has 0 aliphatic carbocycles. The second-order valence-corrected chi connectivity index (χ2v) is 4.10.